The third-order valence-electron chi connectivity index (χ3n) is 3.65. The largest absolute Gasteiger partial charge is 0.384 e. The molecule has 0 bridgehead atoms. The zero-order valence-corrected chi connectivity index (χ0v) is 11.8. The molecule has 0 aliphatic rings. The van der Waals surface area contributed by atoms with E-state index < -0.39 is 0 Å². The van der Waals surface area contributed by atoms with Crippen molar-refractivity contribution in [2.45, 2.75) is 0 Å². The minimum absolute atomic E-state index is 0.579. The van der Waals surface area contributed by atoms with Gasteiger partial charge in [0.05, 0.1) is 5.69 Å². The summed E-state index contributed by atoms with van der Waals surface area (Å²) in [5, 5.41) is 4.55. The van der Waals surface area contributed by atoms with E-state index >= 15 is 0 Å². The molecule has 0 atom stereocenters. The van der Waals surface area contributed by atoms with Crippen LogP contribution in [-0.4, -0.2) is 14.6 Å². The number of nitrogen functional groups attached to an aromatic ring is 1. The van der Waals surface area contributed by atoms with Gasteiger partial charge in [-0.1, -0.05) is 48.5 Å². The third-order valence-corrected chi connectivity index (χ3v) is 3.65. The SMILES string of the molecule is Nc1ccnc2cc(-c3cccc(-c4ccccc4)c3)nn12. The first-order chi connectivity index (χ1) is 10.8. The number of rotatable bonds is 2. The average Bonchev–Trinajstić information content (AvgIpc) is 3.02. The van der Waals surface area contributed by atoms with E-state index in [1.54, 1.807) is 16.8 Å². The van der Waals surface area contributed by atoms with Gasteiger partial charge in [-0.3, -0.25) is 0 Å². The smallest absolute Gasteiger partial charge is 0.157 e. The molecule has 0 spiro atoms. The summed E-state index contributed by atoms with van der Waals surface area (Å²) in [6, 6.07) is 22.3. The van der Waals surface area contributed by atoms with Crippen LogP contribution in [0.3, 0.4) is 0 Å². The minimum Gasteiger partial charge on any atom is -0.384 e. The second-order valence-corrected chi connectivity index (χ2v) is 5.12. The number of fused-ring (bicyclic) bond motifs is 1. The molecule has 2 heterocycles. The van der Waals surface area contributed by atoms with Gasteiger partial charge < -0.3 is 5.73 Å². The number of anilines is 1. The quantitative estimate of drug-likeness (QED) is 0.612. The summed E-state index contributed by atoms with van der Waals surface area (Å²) in [4.78, 5) is 4.29. The Morgan fingerprint density at radius 2 is 1.55 bits per heavy atom. The molecule has 0 saturated carbocycles. The zero-order chi connectivity index (χ0) is 14.9. The summed E-state index contributed by atoms with van der Waals surface area (Å²) in [5.41, 5.74) is 10.9. The summed E-state index contributed by atoms with van der Waals surface area (Å²) in [6.07, 6.45) is 1.69. The fourth-order valence-corrected chi connectivity index (χ4v) is 2.54. The van der Waals surface area contributed by atoms with E-state index in [9.17, 15) is 0 Å². The van der Waals surface area contributed by atoms with Crippen molar-refractivity contribution in [3.63, 3.8) is 0 Å². The van der Waals surface area contributed by atoms with Crippen LogP contribution in [0.25, 0.3) is 28.0 Å². The topological polar surface area (TPSA) is 56.2 Å². The van der Waals surface area contributed by atoms with Gasteiger partial charge in [0.2, 0.25) is 0 Å². The van der Waals surface area contributed by atoms with Crippen molar-refractivity contribution >= 4 is 11.5 Å². The minimum atomic E-state index is 0.579. The molecular formula is C18H14N4. The molecule has 0 fully saturated rings. The molecular weight excluding hydrogens is 272 g/mol. The van der Waals surface area contributed by atoms with Crippen LogP contribution in [0.5, 0.6) is 0 Å². The van der Waals surface area contributed by atoms with Gasteiger partial charge in [-0.05, 0) is 23.3 Å². The van der Waals surface area contributed by atoms with Crippen molar-refractivity contribution in [3.05, 3.63) is 72.9 Å². The Hall–Kier alpha value is -3.14. The molecule has 0 aliphatic heterocycles. The van der Waals surface area contributed by atoms with E-state index in [2.05, 4.69) is 34.3 Å². The van der Waals surface area contributed by atoms with E-state index in [4.69, 9.17) is 5.73 Å². The molecule has 0 saturated heterocycles. The maximum Gasteiger partial charge on any atom is 0.157 e. The number of aromatic nitrogens is 3. The summed E-state index contributed by atoms with van der Waals surface area (Å²) in [5.74, 6) is 0.579. The molecule has 4 aromatic rings. The van der Waals surface area contributed by atoms with Gasteiger partial charge in [0.15, 0.2) is 5.65 Å². The zero-order valence-electron chi connectivity index (χ0n) is 11.8. The highest BCUT2D eigenvalue weighted by molar-refractivity contribution is 5.73. The number of benzene rings is 2. The van der Waals surface area contributed by atoms with E-state index in [-0.39, 0.29) is 0 Å². The molecule has 2 aromatic carbocycles. The van der Waals surface area contributed by atoms with Crippen molar-refractivity contribution < 1.29 is 0 Å². The Bertz CT molecular complexity index is 942. The molecule has 0 aliphatic carbocycles. The summed E-state index contributed by atoms with van der Waals surface area (Å²) in [6.45, 7) is 0. The lowest BCUT2D eigenvalue weighted by molar-refractivity contribution is 0.956. The van der Waals surface area contributed by atoms with Crippen molar-refractivity contribution in [3.8, 4) is 22.4 Å². The first kappa shape index (κ1) is 12.6. The predicted octanol–water partition coefficient (Wildman–Crippen LogP) is 3.65. The van der Waals surface area contributed by atoms with Crippen molar-refractivity contribution in [2.24, 2.45) is 0 Å². The van der Waals surface area contributed by atoms with Gasteiger partial charge in [0.1, 0.15) is 5.82 Å². The highest BCUT2D eigenvalue weighted by Crippen LogP contribution is 2.26. The first-order valence-electron chi connectivity index (χ1n) is 7.07. The molecule has 4 nitrogen and oxygen atoms in total. The number of nitrogens with two attached hydrogens (primary N) is 1. The van der Waals surface area contributed by atoms with Crippen LogP contribution >= 0.6 is 0 Å². The fraction of sp³-hybridized carbons (Fsp3) is 0. The Labute approximate surface area is 127 Å². The molecule has 4 heteroatoms. The van der Waals surface area contributed by atoms with E-state index in [0.29, 0.717) is 5.82 Å². The van der Waals surface area contributed by atoms with E-state index in [1.807, 2.05) is 36.4 Å². The third kappa shape index (κ3) is 2.11. The molecule has 2 N–H and O–H groups in total. The normalized spacial score (nSPS) is 10.9. The molecule has 0 radical (unpaired) electrons. The number of hydrogen-bond acceptors (Lipinski definition) is 3. The van der Waals surface area contributed by atoms with Gasteiger partial charge in [-0.25, -0.2) is 4.98 Å². The van der Waals surface area contributed by atoms with Crippen LogP contribution in [-0.2, 0) is 0 Å². The Morgan fingerprint density at radius 3 is 2.36 bits per heavy atom. The summed E-state index contributed by atoms with van der Waals surface area (Å²) in [7, 11) is 0. The van der Waals surface area contributed by atoms with Crippen LogP contribution in [0.4, 0.5) is 5.82 Å². The Balaban J connectivity index is 1.83. The van der Waals surface area contributed by atoms with Crippen LogP contribution in [0.1, 0.15) is 0 Å². The van der Waals surface area contributed by atoms with E-state index in [1.165, 1.54) is 5.56 Å². The van der Waals surface area contributed by atoms with Crippen LogP contribution in [0.2, 0.25) is 0 Å². The van der Waals surface area contributed by atoms with Gasteiger partial charge in [0, 0.05) is 17.8 Å². The number of hydrogen-bond donors (Lipinski definition) is 1. The molecule has 0 amide bonds. The predicted molar refractivity (Wildman–Crippen MR) is 88.3 cm³/mol. The van der Waals surface area contributed by atoms with Gasteiger partial charge in [-0.15, -0.1) is 0 Å². The molecule has 22 heavy (non-hydrogen) atoms. The summed E-state index contributed by atoms with van der Waals surface area (Å²) < 4.78 is 1.66. The van der Waals surface area contributed by atoms with Crippen molar-refractivity contribution in [1.82, 2.24) is 14.6 Å². The lowest BCUT2D eigenvalue weighted by Crippen LogP contribution is -1.98. The first-order valence-corrected chi connectivity index (χ1v) is 7.07. The van der Waals surface area contributed by atoms with Gasteiger partial charge in [0.25, 0.3) is 0 Å². The lowest BCUT2D eigenvalue weighted by Gasteiger charge is -2.03. The van der Waals surface area contributed by atoms with Crippen molar-refractivity contribution in [1.29, 1.82) is 0 Å². The standard InChI is InChI=1S/C18H14N4/c19-17-9-10-20-18-12-16(21-22(17)18)15-8-4-7-14(11-15)13-5-2-1-3-6-13/h1-12H,19H2. The van der Waals surface area contributed by atoms with Gasteiger partial charge >= 0.3 is 0 Å². The highest BCUT2D eigenvalue weighted by atomic mass is 15.3. The second kappa shape index (κ2) is 5.00. The highest BCUT2D eigenvalue weighted by Gasteiger charge is 2.08. The van der Waals surface area contributed by atoms with Crippen LogP contribution in [0, 0.1) is 0 Å². The lowest BCUT2D eigenvalue weighted by atomic mass is 10.0. The average molecular weight is 286 g/mol. The Kier molecular flexibility index (Phi) is 2.86. The van der Waals surface area contributed by atoms with Crippen molar-refractivity contribution in [2.75, 3.05) is 5.73 Å². The number of nitrogens with zero attached hydrogens (tertiary/aromatic N) is 3. The fourth-order valence-electron chi connectivity index (χ4n) is 2.54. The molecule has 4 rings (SSSR count). The van der Waals surface area contributed by atoms with Crippen LogP contribution in [0.15, 0.2) is 72.9 Å². The van der Waals surface area contributed by atoms with E-state index in [0.717, 1.165) is 22.5 Å². The molecule has 106 valence electrons. The molecule has 2 aromatic heterocycles. The second-order valence-electron chi connectivity index (χ2n) is 5.12. The Morgan fingerprint density at radius 1 is 0.773 bits per heavy atom. The van der Waals surface area contributed by atoms with Crippen LogP contribution < -0.4 is 5.73 Å². The maximum atomic E-state index is 5.93. The molecule has 0 unspecified atom stereocenters. The summed E-state index contributed by atoms with van der Waals surface area (Å²) >= 11 is 0. The monoisotopic (exact) mass is 286 g/mol. The van der Waals surface area contributed by atoms with Gasteiger partial charge in [-0.2, -0.15) is 9.61 Å². The maximum absolute atomic E-state index is 5.93.